The zero-order valence-electron chi connectivity index (χ0n) is 13.6. The van der Waals surface area contributed by atoms with Crippen LogP contribution in [0.1, 0.15) is 19.4 Å². The topological polar surface area (TPSA) is 86.8 Å². The van der Waals surface area contributed by atoms with Gasteiger partial charge < -0.3 is 5.32 Å². The standard InChI is InChI=1S/C16H18FN3O4/c1-9(2)7-19-14(22)15(23)20(16(19)24)8-13(21)18-12-5-4-10(3)6-11(12)17/h4-6,9H,7-8H2,1-3H3,(H,18,21). The summed E-state index contributed by atoms with van der Waals surface area (Å²) in [6.45, 7) is 4.73. The van der Waals surface area contributed by atoms with E-state index in [0.717, 1.165) is 4.90 Å². The molecule has 0 bridgehead atoms. The van der Waals surface area contributed by atoms with E-state index in [4.69, 9.17) is 0 Å². The van der Waals surface area contributed by atoms with E-state index in [1.807, 2.05) is 0 Å². The molecule has 2 rings (SSSR count). The third-order valence-corrected chi connectivity index (χ3v) is 3.38. The lowest BCUT2D eigenvalue weighted by Gasteiger charge is -2.17. The Balaban J connectivity index is 2.07. The Labute approximate surface area is 138 Å². The molecule has 24 heavy (non-hydrogen) atoms. The van der Waals surface area contributed by atoms with E-state index in [2.05, 4.69) is 5.32 Å². The Kier molecular flexibility index (Phi) is 4.96. The van der Waals surface area contributed by atoms with Gasteiger partial charge in [-0.15, -0.1) is 0 Å². The Morgan fingerprint density at radius 3 is 2.38 bits per heavy atom. The SMILES string of the molecule is Cc1ccc(NC(=O)CN2C(=O)C(=O)N(CC(C)C)C2=O)c(F)c1. The van der Waals surface area contributed by atoms with Gasteiger partial charge in [0.1, 0.15) is 12.4 Å². The highest BCUT2D eigenvalue weighted by Crippen LogP contribution is 2.17. The number of rotatable bonds is 5. The molecule has 1 aromatic carbocycles. The van der Waals surface area contributed by atoms with Crippen molar-refractivity contribution < 1.29 is 23.6 Å². The Morgan fingerprint density at radius 2 is 1.79 bits per heavy atom. The van der Waals surface area contributed by atoms with Crippen LogP contribution in [-0.2, 0) is 14.4 Å². The highest BCUT2D eigenvalue weighted by Gasteiger charge is 2.45. The van der Waals surface area contributed by atoms with Gasteiger partial charge in [0.25, 0.3) is 0 Å². The molecule has 1 N–H and O–H groups in total. The van der Waals surface area contributed by atoms with Crippen molar-refractivity contribution in [2.45, 2.75) is 20.8 Å². The van der Waals surface area contributed by atoms with Crippen LogP contribution in [0, 0.1) is 18.7 Å². The fourth-order valence-electron chi connectivity index (χ4n) is 2.27. The summed E-state index contributed by atoms with van der Waals surface area (Å²) in [4.78, 5) is 49.2. The second-order valence-electron chi connectivity index (χ2n) is 6.01. The first-order valence-electron chi connectivity index (χ1n) is 7.44. The van der Waals surface area contributed by atoms with Crippen LogP contribution >= 0.6 is 0 Å². The number of carbonyl (C=O) groups excluding carboxylic acids is 4. The molecule has 8 heteroatoms. The van der Waals surface area contributed by atoms with Gasteiger partial charge in [-0.05, 0) is 30.5 Å². The van der Waals surface area contributed by atoms with E-state index in [1.165, 1.54) is 12.1 Å². The number of nitrogens with zero attached hydrogens (tertiary/aromatic N) is 2. The fraction of sp³-hybridized carbons (Fsp3) is 0.375. The van der Waals surface area contributed by atoms with Crippen LogP contribution in [0.2, 0.25) is 0 Å². The fourth-order valence-corrected chi connectivity index (χ4v) is 2.27. The molecule has 1 aliphatic heterocycles. The number of carbonyl (C=O) groups is 4. The summed E-state index contributed by atoms with van der Waals surface area (Å²) in [5, 5.41) is 2.29. The molecule has 0 unspecified atom stereocenters. The zero-order valence-corrected chi connectivity index (χ0v) is 13.6. The van der Waals surface area contributed by atoms with Crippen molar-refractivity contribution in [1.29, 1.82) is 0 Å². The smallest absolute Gasteiger partial charge is 0.322 e. The number of hydrogen-bond donors (Lipinski definition) is 1. The van der Waals surface area contributed by atoms with Gasteiger partial charge in [-0.25, -0.2) is 14.1 Å². The number of anilines is 1. The Morgan fingerprint density at radius 1 is 1.17 bits per heavy atom. The van der Waals surface area contributed by atoms with Crippen LogP contribution in [0.15, 0.2) is 18.2 Å². The van der Waals surface area contributed by atoms with Gasteiger partial charge >= 0.3 is 17.8 Å². The predicted octanol–water partition coefficient (Wildman–Crippen LogP) is 1.52. The summed E-state index contributed by atoms with van der Waals surface area (Å²) in [5.74, 6) is -3.41. The first-order valence-corrected chi connectivity index (χ1v) is 7.44. The number of urea groups is 1. The molecule has 1 saturated heterocycles. The molecule has 1 aliphatic rings. The predicted molar refractivity (Wildman–Crippen MR) is 83.4 cm³/mol. The zero-order chi connectivity index (χ0) is 18.0. The molecule has 5 amide bonds. The largest absolute Gasteiger partial charge is 0.334 e. The van der Waals surface area contributed by atoms with Gasteiger partial charge in [0, 0.05) is 6.54 Å². The molecule has 1 aromatic rings. The number of imide groups is 2. The summed E-state index contributed by atoms with van der Waals surface area (Å²) in [7, 11) is 0. The van der Waals surface area contributed by atoms with Gasteiger partial charge in [0.15, 0.2) is 0 Å². The minimum absolute atomic E-state index is 0.0128. The molecule has 0 aliphatic carbocycles. The number of aryl methyl sites for hydroxylation is 1. The van der Waals surface area contributed by atoms with Gasteiger partial charge in [-0.2, -0.15) is 0 Å². The number of halogens is 1. The number of amides is 5. The van der Waals surface area contributed by atoms with E-state index in [9.17, 15) is 23.6 Å². The van der Waals surface area contributed by atoms with Crippen molar-refractivity contribution in [2.24, 2.45) is 5.92 Å². The molecule has 0 aromatic heterocycles. The molecule has 1 heterocycles. The van der Waals surface area contributed by atoms with Gasteiger partial charge in [0.2, 0.25) is 5.91 Å². The second-order valence-corrected chi connectivity index (χ2v) is 6.01. The van der Waals surface area contributed by atoms with Crippen molar-refractivity contribution in [1.82, 2.24) is 9.80 Å². The summed E-state index contributed by atoms with van der Waals surface area (Å²) >= 11 is 0. The average molecular weight is 335 g/mol. The van der Waals surface area contributed by atoms with E-state index in [0.29, 0.717) is 10.5 Å². The maximum Gasteiger partial charge on any atom is 0.334 e. The van der Waals surface area contributed by atoms with Crippen molar-refractivity contribution in [3.05, 3.63) is 29.6 Å². The first-order chi connectivity index (χ1) is 11.2. The van der Waals surface area contributed by atoms with Crippen molar-refractivity contribution in [2.75, 3.05) is 18.4 Å². The van der Waals surface area contributed by atoms with Gasteiger partial charge in [-0.3, -0.25) is 19.3 Å². The Bertz CT molecular complexity index is 717. The third-order valence-electron chi connectivity index (χ3n) is 3.38. The van der Waals surface area contributed by atoms with Crippen LogP contribution in [0.25, 0.3) is 0 Å². The summed E-state index contributed by atoms with van der Waals surface area (Å²) in [6, 6.07) is 3.40. The van der Waals surface area contributed by atoms with Crippen LogP contribution in [0.4, 0.5) is 14.9 Å². The monoisotopic (exact) mass is 335 g/mol. The maximum atomic E-state index is 13.7. The molecular formula is C16H18FN3O4. The van der Waals surface area contributed by atoms with Crippen LogP contribution < -0.4 is 5.32 Å². The van der Waals surface area contributed by atoms with Crippen LogP contribution in [-0.4, -0.2) is 46.6 Å². The average Bonchev–Trinajstić information content (AvgIpc) is 2.67. The first kappa shape index (κ1) is 17.6. The van der Waals surface area contributed by atoms with E-state index in [1.54, 1.807) is 26.8 Å². The highest BCUT2D eigenvalue weighted by molar-refractivity contribution is 6.45. The van der Waals surface area contributed by atoms with Crippen LogP contribution in [0.3, 0.4) is 0 Å². The highest BCUT2D eigenvalue weighted by atomic mass is 19.1. The van der Waals surface area contributed by atoms with Crippen molar-refractivity contribution in [3.8, 4) is 0 Å². The molecular weight excluding hydrogens is 317 g/mol. The lowest BCUT2D eigenvalue weighted by atomic mass is 10.2. The third kappa shape index (κ3) is 3.58. The van der Waals surface area contributed by atoms with E-state index < -0.39 is 36.1 Å². The minimum atomic E-state index is -1.06. The minimum Gasteiger partial charge on any atom is -0.322 e. The summed E-state index contributed by atoms with van der Waals surface area (Å²) in [5.41, 5.74) is 0.625. The van der Waals surface area contributed by atoms with Crippen molar-refractivity contribution >= 4 is 29.4 Å². The summed E-state index contributed by atoms with van der Waals surface area (Å²) < 4.78 is 13.7. The molecule has 0 atom stereocenters. The van der Waals surface area contributed by atoms with E-state index in [-0.39, 0.29) is 18.2 Å². The second kappa shape index (κ2) is 6.77. The lowest BCUT2D eigenvalue weighted by Crippen LogP contribution is -2.39. The maximum absolute atomic E-state index is 13.7. The molecule has 128 valence electrons. The van der Waals surface area contributed by atoms with Gasteiger partial charge in [-0.1, -0.05) is 19.9 Å². The van der Waals surface area contributed by atoms with Crippen molar-refractivity contribution in [3.63, 3.8) is 0 Å². The molecule has 1 fully saturated rings. The quantitative estimate of drug-likeness (QED) is 0.653. The lowest BCUT2D eigenvalue weighted by molar-refractivity contribution is -0.143. The van der Waals surface area contributed by atoms with Gasteiger partial charge in [0.05, 0.1) is 5.69 Å². The number of nitrogens with one attached hydrogen (secondary N) is 1. The molecule has 0 radical (unpaired) electrons. The molecule has 0 spiro atoms. The number of benzene rings is 1. The Hall–Kier alpha value is -2.77. The van der Waals surface area contributed by atoms with Crippen LogP contribution in [0.5, 0.6) is 0 Å². The number of hydrogen-bond acceptors (Lipinski definition) is 4. The molecule has 7 nitrogen and oxygen atoms in total. The molecule has 0 saturated carbocycles. The van der Waals surface area contributed by atoms with E-state index >= 15 is 0 Å². The normalized spacial score (nSPS) is 14.8. The summed E-state index contributed by atoms with van der Waals surface area (Å²) in [6.07, 6.45) is 0.